The Morgan fingerprint density at radius 3 is 2.62 bits per heavy atom. The third-order valence-corrected chi connectivity index (χ3v) is 4.43. The number of ether oxygens (including phenoxy) is 1. The number of rotatable bonds is 5. The van der Waals surface area contributed by atoms with Gasteiger partial charge in [0.15, 0.2) is 5.69 Å². The van der Waals surface area contributed by atoms with Gasteiger partial charge in [0.2, 0.25) is 5.75 Å². The molecular formula is C19H13ClF5N5O2. The normalized spacial score (nSPS) is 14.2. The SMILES string of the molecule is CC(F)(F)C1=CC(Cn2cnc(C(F)(F)F)c(Oc3cc(Cl)cc(C#N)c3)c2=O)=NNC1. The van der Waals surface area contributed by atoms with Crippen LogP contribution in [0.15, 0.2) is 46.1 Å². The molecule has 1 aromatic heterocycles. The number of nitriles is 1. The van der Waals surface area contributed by atoms with E-state index in [4.69, 9.17) is 21.6 Å². The van der Waals surface area contributed by atoms with Gasteiger partial charge >= 0.3 is 6.18 Å². The molecule has 2 heterocycles. The highest BCUT2D eigenvalue weighted by Gasteiger charge is 2.39. The van der Waals surface area contributed by atoms with Gasteiger partial charge in [-0.3, -0.25) is 9.36 Å². The van der Waals surface area contributed by atoms with Crippen molar-refractivity contribution in [2.75, 3.05) is 6.54 Å². The number of hydrazone groups is 1. The summed E-state index contributed by atoms with van der Waals surface area (Å²) in [5, 5.41) is 12.8. The van der Waals surface area contributed by atoms with E-state index in [0.29, 0.717) is 13.3 Å². The number of nitrogens with one attached hydrogen (secondary N) is 1. The zero-order chi connectivity index (χ0) is 23.7. The highest BCUT2D eigenvalue weighted by Crippen LogP contribution is 2.35. The lowest BCUT2D eigenvalue weighted by atomic mass is 10.1. The molecule has 0 amide bonds. The maximum absolute atomic E-state index is 13.6. The Morgan fingerprint density at radius 1 is 1.28 bits per heavy atom. The van der Waals surface area contributed by atoms with Gasteiger partial charge < -0.3 is 10.2 Å². The Hall–Kier alpha value is -3.46. The molecule has 32 heavy (non-hydrogen) atoms. The van der Waals surface area contributed by atoms with Crippen LogP contribution in [0.25, 0.3) is 0 Å². The molecule has 0 aliphatic carbocycles. The van der Waals surface area contributed by atoms with Gasteiger partial charge in [-0.05, 0) is 24.3 Å². The van der Waals surface area contributed by atoms with Crippen molar-refractivity contribution in [2.45, 2.75) is 25.6 Å². The van der Waals surface area contributed by atoms with Crippen LogP contribution in [0, 0.1) is 11.3 Å². The van der Waals surface area contributed by atoms with Crippen LogP contribution in [0.5, 0.6) is 11.5 Å². The van der Waals surface area contributed by atoms with Crippen molar-refractivity contribution in [1.82, 2.24) is 15.0 Å². The summed E-state index contributed by atoms with van der Waals surface area (Å²) in [5.74, 6) is -4.61. The molecule has 0 fully saturated rings. The zero-order valence-corrected chi connectivity index (χ0v) is 16.9. The molecular weight excluding hydrogens is 461 g/mol. The number of aromatic nitrogens is 2. The summed E-state index contributed by atoms with van der Waals surface area (Å²) in [6, 6.07) is 5.22. The van der Waals surface area contributed by atoms with Crippen molar-refractivity contribution in [3.63, 3.8) is 0 Å². The summed E-state index contributed by atoms with van der Waals surface area (Å²) >= 11 is 5.83. The van der Waals surface area contributed by atoms with Crippen LogP contribution in [0.3, 0.4) is 0 Å². The van der Waals surface area contributed by atoms with Crippen molar-refractivity contribution < 1.29 is 26.7 Å². The fourth-order valence-electron chi connectivity index (χ4n) is 2.73. The summed E-state index contributed by atoms with van der Waals surface area (Å²) in [4.78, 5) is 16.1. The molecule has 1 aromatic carbocycles. The molecule has 0 atom stereocenters. The minimum absolute atomic E-state index is 0.00220. The summed E-state index contributed by atoms with van der Waals surface area (Å²) in [6.07, 6.45) is -3.37. The second kappa shape index (κ2) is 8.58. The predicted octanol–water partition coefficient (Wildman–Crippen LogP) is 4.12. The molecule has 168 valence electrons. The van der Waals surface area contributed by atoms with Crippen LogP contribution in [0.2, 0.25) is 5.02 Å². The van der Waals surface area contributed by atoms with E-state index in [2.05, 4.69) is 15.5 Å². The van der Waals surface area contributed by atoms with E-state index in [9.17, 15) is 26.7 Å². The topological polar surface area (TPSA) is 92.3 Å². The molecule has 0 saturated heterocycles. The van der Waals surface area contributed by atoms with Crippen molar-refractivity contribution in [3.05, 3.63) is 62.8 Å². The van der Waals surface area contributed by atoms with Crippen LogP contribution in [-0.2, 0) is 12.7 Å². The van der Waals surface area contributed by atoms with Gasteiger partial charge in [0.05, 0.1) is 36.8 Å². The fraction of sp³-hybridized carbons (Fsp3) is 0.263. The van der Waals surface area contributed by atoms with E-state index >= 15 is 0 Å². The highest BCUT2D eigenvalue weighted by molar-refractivity contribution is 6.30. The number of halogens is 6. The van der Waals surface area contributed by atoms with Gasteiger partial charge in [-0.1, -0.05) is 11.6 Å². The van der Waals surface area contributed by atoms with Gasteiger partial charge in [0.1, 0.15) is 5.75 Å². The summed E-state index contributed by atoms with van der Waals surface area (Å²) in [7, 11) is 0. The monoisotopic (exact) mass is 473 g/mol. The first-order valence-electron chi connectivity index (χ1n) is 8.82. The first-order chi connectivity index (χ1) is 14.9. The number of hydrogen-bond acceptors (Lipinski definition) is 6. The zero-order valence-electron chi connectivity index (χ0n) is 16.2. The first-order valence-corrected chi connectivity index (χ1v) is 9.19. The lowest BCUT2D eigenvalue weighted by Gasteiger charge is -2.20. The molecule has 7 nitrogen and oxygen atoms in total. The van der Waals surface area contributed by atoms with Gasteiger partial charge in [-0.2, -0.15) is 23.5 Å². The molecule has 3 rings (SSSR count). The van der Waals surface area contributed by atoms with Crippen LogP contribution < -0.4 is 15.7 Å². The van der Waals surface area contributed by atoms with E-state index in [1.807, 2.05) is 0 Å². The molecule has 1 N–H and O–H groups in total. The van der Waals surface area contributed by atoms with Crippen LogP contribution in [0.4, 0.5) is 22.0 Å². The summed E-state index contributed by atoms with van der Waals surface area (Å²) < 4.78 is 73.3. The standard InChI is InChI=1S/C19H13ClF5N5O2/c1-18(21,22)11-4-13(29-28-7-11)8-30-9-27-16(19(23,24)25)15(17(30)31)32-14-3-10(6-26)2-12(20)5-14/h2-5,9,28H,7-8H2,1H3. The predicted molar refractivity (Wildman–Crippen MR) is 104 cm³/mol. The lowest BCUT2D eigenvalue weighted by Crippen LogP contribution is -2.32. The summed E-state index contributed by atoms with van der Waals surface area (Å²) in [6.45, 7) is 0.00511. The lowest BCUT2D eigenvalue weighted by molar-refractivity contribution is -0.142. The molecule has 1 aliphatic heterocycles. The number of hydrogen-bond donors (Lipinski definition) is 1. The van der Waals surface area contributed by atoms with Crippen molar-refractivity contribution in [2.24, 2.45) is 5.10 Å². The Kier molecular flexibility index (Phi) is 6.23. The van der Waals surface area contributed by atoms with E-state index in [1.165, 1.54) is 6.07 Å². The van der Waals surface area contributed by atoms with Crippen molar-refractivity contribution in [3.8, 4) is 17.6 Å². The molecule has 1 aliphatic rings. The number of benzene rings is 1. The maximum Gasteiger partial charge on any atom is 0.437 e. The quantitative estimate of drug-likeness (QED) is 0.659. The third-order valence-electron chi connectivity index (χ3n) is 4.21. The van der Waals surface area contributed by atoms with E-state index in [0.717, 1.165) is 22.8 Å². The second-order valence-electron chi connectivity index (χ2n) is 6.74. The van der Waals surface area contributed by atoms with Gasteiger partial charge in [-0.25, -0.2) is 13.8 Å². The van der Waals surface area contributed by atoms with E-state index in [-0.39, 0.29) is 34.2 Å². The molecule has 0 unspecified atom stereocenters. The molecule has 0 radical (unpaired) electrons. The Balaban J connectivity index is 2.04. The number of nitrogens with zero attached hydrogens (tertiary/aromatic N) is 4. The Bertz CT molecular complexity index is 1210. The third kappa shape index (κ3) is 5.23. The average molecular weight is 474 g/mol. The molecule has 0 spiro atoms. The number of alkyl halides is 5. The molecule has 2 aromatic rings. The molecule has 13 heteroatoms. The van der Waals surface area contributed by atoms with Crippen LogP contribution in [-0.4, -0.2) is 27.7 Å². The maximum atomic E-state index is 13.6. The Labute approximate surface area is 182 Å². The van der Waals surface area contributed by atoms with E-state index < -0.39 is 35.6 Å². The minimum atomic E-state index is -5.04. The molecule has 0 saturated carbocycles. The first kappa shape index (κ1) is 23.2. The Morgan fingerprint density at radius 2 is 2.00 bits per heavy atom. The van der Waals surface area contributed by atoms with Gasteiger partial charge in [0.25, 0.3) is 11.5 Å². The summed E-state index contributed by atoms with van der Waals surface area (Å²) in [5.41, 5.74) is -0.800. The van der Waals surface area contributed by atoms with Gasteiger partial charge in [-0.15, -0.1) is 0 Å². The van der Waals surface area contributed by atoms with E-state index in [1.54, 1.807) is 6.07 Å². The number of allylic oxidation sites excluding steroid dienone is 1. The van der Waals surface area contributed by atoms with Crippen LogP contribution >= 0.6 is 11.6 Å². The largest absolute Gasteiger partial charge is 0.449 e. The molecule has 0 bridgehead atoms. The highest BCUT2D eigenvalue weighted by atomic mass is 35.5. The van der Waals surface area contributed by atoms with Crippen molar-refractivity contribution in [1.29, 1.82) is 5.26 Å². The average Bonchev–Trinajstić information content (AvgIpc) is 2.69. The van der Waals surface area contributed by atoms with Gasteiger partial charge in [0, 0.05) is 17.5 Å². The fourth-order valence-corrected chi connectivity index (χ4v) is 2.95. The minimum Gasteiger partial charge on any atom is -0.449 e. The van der Waals surface area contributed by atoms with Crippen molar-refractivity contribution >= 4 is 17.3 Å². The smallest absolute Gasteiger partial charge is 0.437 e. The second-order valence-corrected chi connectivity index (χ2v) is 7.18. The van der Waals surface area contributed by atoms with Crippen LogP contribution in [0.1, 0.15) is 18.2 Å².